The maximum absolute atomic E-state index is 10.8. The number of phenolic OH excluding ortho intramolecular Hbond substituents is 1. The lowest BCUT2D eigenvalue weighted by Crippen LogP contribution is -1.99. The number of rotatable bonds is 4. The van der Waals surface area contributed by atoms with Gasteiger partial charge >= 0.3 is 0 Å². The van der Waals surface area contributed by atoms with Crippen molar-refractivity contribution in [1.82, 2.24) is 0 Å². The van der Waals surface area contributed by atoms with E-state index < -0.39 is 0 Å². The molecule has 1 unspecified atom stereocenters. The summed E-state index contributed by atoms with van der Waals surface area (Å²) in [5, 5.41) is 9.34. The van der Waals surface area contributed by atoms with Gasteiger partial charge in [0.2, 0.25) is 0 Å². The summed E-state index contributed by atoms with van der Waals surface area (Å²) in [4.78, 5) is 10.8. The molecule has 0 saturated heterocycles. The van der Waals surface area contributed by atoms with Gasteiger partial charge in [0.25, 0.3) is 0 Å². The molecule has 1 rings (SSSR count). The highest BCUT2D eigenvalue weighted by molar-refractivity contribution is 5.62. The molecule has 0 radical (unpaired) electrons. The van der Waals surface area contributed by atoms with Crippen molar-refractivity contribution in [2.24, 2.45) is 0 Å². The van der Waals surface area contributed by atoms with Crippen LogP contribution in [0.4, 0.5) is 0 Å². The Balaban J connectivity index is 2.93. The zero-order valence-corrected chi connectivity index (χ0v) is 8.66. The van der Waals surface area contributed by atoms with Gasteiger partial charge in [0.1, 0.15) is 12.0 Å². The fourth-order valence-electron chi connectivity index (χ4n) is 1.53. The maximum Gasteiger partial charge on any atom is 0.127 e. The highest BCUT2D eigenvalue weighted by atomic mass is 16.3. The number of hydrogen-bond donors (Lipinski definition) is 1. The van der Waals surface area contributed by atoms with Crippen molar-refractivity contribution in [1.29, 1.82) is 0 Å². The number of benzene rings is 1. The van der Waals surface area contributed by atoms with Crippen molar-refractivity contribution >= 4 is 6.29 Å². The third-order valence-corrected chi connectivity index (χ3v) is 2.41. The van der Waals surface area contributed by atoms with E-state index in [0.29, 0.717) is 0 Å². The van der Waals surface area contributed by atoms with Crippen molar-refractivity contribution in [3.05, 3.63) is 29.3 Å². The standard InChI is InChI=1S/C12H16O2/c1-3-4-11(8-13)10-5-6-12(14)9(2)7-10/h5-8,11,14H,3-4H2,1-2H3. The molecule has 76 valence electrons. The number of aromatic hydroxyl groups is 1. The summed E-state index contributed by atoms with van der Waals surface area (Å²) in [5.74, 6) is 0.259. The van der Waals surface area contributed by atoms with Crippen molar-refractivity contribution in [2.75, 3.05) is 0 Å². The van der Waals surface area contributed by atoms with Crippen LogP contribution in [0.3, 0.4) is 0 Å². The molecule has 2 nitrogen and oxygen atoms in total. The van der Waals surface area contributed by atoms with Crippen molar-refractivity contribution < 1.29 is 9.90 Å². The molecule has 14 heavy (non-hydrogen) atoms. The van der Waals surface area contributed by atoms with Crippen LogP contribution < -0.4 is 0 Å². The van der Waals surface area contributed by atoms with Gasteiger partial charge in [0.15, 0.2) is 0 Å². The van der Waals surface area contributed by atoms with Crippen molar-refractivity contribution in [3.63, 3.8) is 0 Å². The average molecular weight is 192 g/mol. The normalized spacial score (nSPS) is 12.4. The summed E-state index contributed by atoms with van der Waals surface area (Å²) < 4.78 is 0. The SMILES string of the molecule is CCCC(C=O)c1ccc(O)c(C)c1. The summed E-state index contributed by atoms with van der Waals surface area (Å²) >= 11 is 0. The molecular weight excluding hydrogens is 176 g/mol. The number of phenols is 1. The molecule has 1 aromatic carbocycles. The molecule has 1 aromatic rings. The minimum atomic E-state index is -0.0284. The molecule has 1 N–H and O–H groups in total. The monoisotopic (exact) mass is 192 g/mol. The molecule has 1 atom stereocenters. The van der Waals surface area contributed by atoms with Gasteiger partial charge < -0.3 is 9.90 Å². The largest absolute Gasteiger partial charge is 0.508 e. The predicted molar refractivity (Wildman–Crippen MR) is 56.6 cm³/mol. The highest BCUT2D eigenvalue weighted by Gasteiger charge is 2.09. The summed E-state index contributed by atoms with van der Waals surface area (Å²) in [6.07, 6.45) is 2.84. The van der Waals surface area contributed by atoms with Gasteiger partial charge in [0.05, 0.1) is 0 Å². The number of carbonyl (C=O) groups is 1. The van der Waals surface area contributed by atoms with E-state index >= 15 is 0 Å². The summed E-state index contributed by atoms with van der Waals surface area (Å²) in [6, 6.07) is 5.35. The predicted octanol–water partition coefficient (Wildman–Crippen LogP) is 2.78. The fraction of sp³-hybridized carbons (Fsp3) is 0.417. The molecule has 0 aliphatic rings. The first-order valence-corrected chi connectivity index (χ1v) is 4.93. The lowest BCUT2D eigenvalue weighted by Gasteiger charge is -2.10. The zero-order chi connectivity index (χ0) is 10.6. The molecule has 0 bridgehead atoms. The molecule has 0 amide bonds. The molecule has 2 heteroatoms. The van der Waals surface area contributed by atoms with E-state index in [1.807, 2.05) is 19.1 Å². The first kappa shape index (κ1) is 10.8. The van der Waals surface area contributed by atoms with E-state index in [-0.39, 0.29) is 11.7 Å². The van der Waals surface area contributed by atoms with Crippen LogP contribution in [0.5, 0.6) is 5.75 Å². The van der Waals surface area contributed by atoms with E-state index in [2.05, 4.69) is 6.92 Å². The van der Waals surface area contributed by atoms with Gasteiger partial charge in [-0.25, -0.2) is 0 Å². The summed E-state index contributed by atoms with van der Waals surface area (Å²) in [5.41, 5.74) is 1.82. The Labute approximate surface area is 84.6 Å². The Morgan fingerprint density at radius 2 is 2.21 bits per heavy atom. The second-order valence-electron chi connectivity index (χ2n) is 3.58. The van der Waals surface area contributed by atoms with Gasteiger partial charge in [-0.05, 0) is 30.5 Å². The van der Waals surface area contributed by atoms with Gasteiger partial charge in [-0.15, -0.1) is 0 Å². The van der Waals surface area contributed by atoms with Gasteiger partial charge in [-0.2, -0.15) is 0 Å². The van der Waals surface area contributed by atoms with Crippen LogP contribution in [0, 0.1) is 6.92 Å². The summed E-state index contributed by atoms with van der Waals surface area (Å²) in [7, 11) is 0. The fourth-order valence-corrected chi connectivity index (χ4v) is 1.53. The maximum atomic E-state index is 10.8. The third kappa shape index (κ3) is 2.34. The molecule has 0 spiro atoms. The Hall–Kier alpha value is -1.31. The smallest absolute Gasteiger partial charge is 0.127 e. The van der Waals surface area contributed by atoms with E-state index in [4.69, 9.17) is 0 Å². The van der Waals surface area contributed by atoms with E-state index in [1.165, 1.54) is 0 Å². The van der Waals surface area contributed by atoms with E-state index in [0.717, 1.165) is 30.3 Å². The number of hydrogen-bond acceptors (Lipinski definition) is 2. The Kier molecular flexibility index (Phi) is 3.69. The lowest BCUT2D eigenvalue weighted by molar-refractivity contribution is -0.109. The van der Waals surface area contributed by atoms with Crippen LogP contribution in [0.2, 0.25) is 0 Å². The minimum absolute atomic E-state index is 0.0284. The molecule has 0 saturated carbocycles. The van der Waals surface area contributed by atoms with Crippen LogP contribution >= 0.6 is 0 Å². The minimum Gasteiger partial charge on any atom is -0.508 e. The molecular formula is C12H16O2. The Morgan fingerprint density at radius 3 is 2.71 bits per heavy atom. The van der Waals surface area contributed by atoms with E-state index in [1.54, 1.807) is 6.07 Å². The van der Waals surface area contributed by atoms with Crippen LogP contribution in [-0.2, 0) is 4.79 Å². The van der Waals surface area contributed by atoms with Crippen LogP contribution in [0.15, 0.2) is 18.2 Å². The Bertz CT molecular complexity index is 318. The van der Waals surface area contributed by atoms with E-state index in [9.17, 15) is 9.90 Å². The number of aldehydes is 1. The Morgan fingerprint density at radius 1 is 1.50 bits per heavy atom. The molecule has 0 fully saturated rings. The molecule has 0 heterocycles. The van der Waals surface area contributed by atoms with Gasteiger partial charge in [-0.3, -0.25) is 0 Å². The van der Waals surface area contributed by atoms with Crippen LogP contribution in [0.25, 0.3) is 0 Å². The topological polar surface area (TPSA) is 37.3 Å². The van der Waals surface area contributed by atoms with Crippen LogP contribution in [-0.4, -0.2) is 11.4 Å². The number of aryl methyl sites for hydroxylation is 1. The molecule has 0 aliphatic carbocycles. The number of carbonyl (C=O) groups excluding carboxylic acids is 1. The third-order valence-electron chi connectivity index (χ3n) is 2.41. The second-order valence-corrected chi connectivity index (χ2v) is 3.58. The first-order valence-electron chi connectivity index (χ1n) is 4.93. The quantitative estimate of drug-likeness (QED) is 0.745. The molecule has 0 aromatic heterocycles. The molecule has 0 aliphatic heterocycles. The van der Waals surface area contributed by atoms with Crippen LogP contribution in [0.1, 0.15) is 36.8 Å². The lowest BCUT2D eigenvalue weighted by atomic mass is 9.94. The van der Waals surface area contributed by atoms with Gasteiger partial charge in [0, 0.05) is 5.92 Å². The van der Waals surface area contributed by atoms with Crippen molar-refractivity contribution in [2.45, 2.75) is 32.6 Å². The average Bonchev–Trinajstić information content (AvgIpc) is 2.19. The zero-order valence-electron chi connectivity index (χ0n) is 8.66. The first-order chi connectivity index (χ1) is 6.69. The van der Waals surface area contributed by atoms with Crippen molar-refractivity contribution in [3.8, 4) is 5.75 Å². The summed E-state index contributed by atoms with van der Waals surface area (Å²) in [6.45, 7) is 3.90. The highest BCUT2D eigenvalue weighted by Crippen LogP contribution is 2.24. The second kappa shape index (κ2) is 4.80. The van der Waals surface area contributed by atoms with Gasteiger partial charge in [-0.1, -0.05) is 25.5 Å².